The molecule has 0 saturated heterocycles. The van der Waals surface area contributed by atoms with E-state index in [4.69, 9.17) is 5.73 Å². The highest BCUT2D eigenvalue weighted by molar-refractivity contribution is 7.09. The third-order valence-corrected chi connectivity index (χ3v) is 5.09. The summed E-state index contributed by atoms with van der Waals surface area (Å²) in [5, 5.41) is 2.07. The Morgan fingerprint density at radius 3 is 2.72 bits per heavy atom. The number of thiophene rings is 1. The topological polar surface area (TPSA) is 43.1 Å². The summed E-state index contributed by atoms with van der Waals surface area (Å²) < 4.78 is 0. The molecule has 0 bridgehead atoms. The lowest BCUT2D eigenvalue weighted by atomic mass is 9.70. The molecular weight excluding hydrogens is 242 g/mol. The Morgan fingerprint density at radius 2 is 2.11 bits per heavy atom. The third-order valence-electron chi connectivity index (χ3n) is 4.15. The molecule has 2 rings (SSSR count). The number of ketones is 1. The molecule has 1 heterocycles. The van der Waals surface area contributed by atoms with Crippen molar-refractivity contribution in [2.24, 2.45) is 11.1 Å². The molecule has 0 atom stereocenters. The largest absolute Gasteiger partial charge is 0.330 e. The molecule has 0 spiro atoms. The lowest BCUT2D eigenvalue weighted by Gasteiger charge is -2.35. The fourth-order valence-electron chi connectivity index (χ4n) is 2.98. The van der Waals surface area contributed by atoms with Gasteiger partial charge in [0.15, 0.2) is 0 Å². The van der Waals surface area contributed by atoms with Crippen molar-refractivity contribution in [3.05, 3.63) is 22.4 Å². The van der Waals surface area contributed by atoms with E-state index < -0.39 is 0 Å². The monoisotopic (exact) mass is 265 g/mol. The van der Waals surface area contributed by atoms with Crippen molar-refractivity contribution in [2.75, 3.05) is 6.54 Å². The van der Waals surface area contributed by atoms with Crippen molar-refractivity contribution in [1.82, 2.24) is 0 Å². The minimum Gasteiger partial charge on any atom is -0.330 e. The molecule has 1 saturated carbocycles. The molecule has 0 amide bonds. The van der Waals surface area contributed by atoms with Crippen LogP contribution in [0.15, 0.2) is 17.5 Å². The quantitative estimate of drug-likeness (QED) is 0.854. The maximum Gasteiger partial charge on any atom is 0.133 e. The van der Waals surface area contributed by atoms with E-state index in [1.165, 1.54) is 24.1 Å². The normalized spacial score (nSPS) is 18.7. The van der Waals surface area contributed by atoms with Gasteiger partial charge in [-0.2, -0.15) is 0 Å². The molecule has 100 valence electrons. The SMILES string of the molecule is NCC1(CC(=O)CCc2cccs2)CCCCC1. The van der Waals surface area contributed by atoms with Crippen LogP contribution in [0.4, 0.5) is 0 Å². The zero-order valence-electron chi connectivity index (χ0n) is 11.0. The minimum atomic E-state index is 0.130. The van der Waals surface area contributed by atoms with Crippen LogP contribution in [0.1, 0.15) is 49.8 Å². The maximum absolute atomic E-state index is 12.1. The van der Waals surface area contributed by atoms with E-state index in [2.05, 4.69) is 11.4 Å². The molecule has 2 nitrogen and oxygen atoms in total. The van der Waals surface area contributed by atoms with Crippen molar-refractivity contribution in [3.63, 3.8) is 0 Å². The third kappa shape index (κ3) is 3.66. The summed E-state index contributed by atoms with van der Waals surface area (Å²) in [5.74, 6) is 0.399. The first-order chi connectivity index (χ1) is 8.74. The summed E-state index contributed by atoms with van der Waals surface area (Å²) in [5.41, 5.74) is 6.06. The van der Waals surface area contributed by atoms with Gasteiger partial charge >= 0.3 is 0 Å². The Hall–Kier alpha value is -0.670. The Labute approximate surface area is 114 Å². The van der Waals surface area contributed by atoms with E-state index in [1.54, 1.807) is 11.3 Å². The fraction of sp³-hybridized carbons (Fsp3) is 0.667. The van der Waals surface area contributed by atoms with Gasteiger partial charge in [0, 0.05) is 17.7 Å². The molecule has 0 unspecified atom stereocenters. The summed E-state index contributed by atoms with van der Waals surface area (Å²) in [4.78, 5) is 13.4. The van der Waals surface area contributed by atoms with E-state index in [-0.39, 0.29) is 5.41 Å². The molecule has 1 aromatic heterocycles. The molecule has 1 aromatic rings. The van der Waals surface area contributed by atoms with Crippen LogP contribution in [0.5, 0.6) is 0 Å². The van der Waals surface area contributed by atoms with Gasteiger partial charge in [-0.05, 0) is 42.7 Å². The number of rotatable bonds is 6. The minimum absolute atomic E-state index is 0.130. The second-order valence-corrected chi connectivity index (χ2v) is 6.59. The van der Waals surface area contributed by atoms with Crippen LogP contribution in [0.2, 0.25) is 0 Å². The Bertz CT molecular complexity index is 366. The number of hydrogen-bond acceptors (Lipinski definition) is 3. The Morgan fingerprint density at radius 1 is 1.33 bits per heavy atom. The molecule has 0 radical (unpaired) electrons. The summed E-state index contributed by atoms with van der Waals surface area (Å²) in [6.45, 7) is 0.678. The van der Waals surface area contributed by atoms with Gasteiger partial charge in [0.2, 0.25) is 0 Å². The van der Waals surface area contributed by atoms with Gasteiger partial charge in [-0.15, -0.1) is 11.3 Å². The van der Waals surface area contributed by atoms with Gasteiger partial charge in [-0.3, -0.25) is 4.79 Å². The smallest absolute Gasteiger partial charge is 0.133 e. The van der Waals surface area contributed by atoms with Gasteiger partial charge in [-0.25, -0.2) is 0 Å². The highest BCUT2D eigenvalue weighted by Gasteiger charge is 2.32. The first-order valence-electron chi connectivity index (χ1n) is 6.98. The second kappa shape index (κ2) is 6.48. The Balaban J connectivity index is 1.81. The standard InChI is InChI=1S/C15H23NOS/c16-12-15(8-2-1-3-9-15)11-13(17)6-7-14-5-4-10-18-14/h4-5,10H,1-3,6-9,11-12,16H2. The van der Waals surface area contributed by atoms with Crippen LogP contribution in [0, 0.1) is 5.41 Å². The zero-order chi connectivity index (χ0) is 12.8. The number of nitrogens with two attached hydrogens (primary N) is 1. The molecule has 1 aliphatic rings. The zero-order valence-corrected chi connectivity index (χ0v) is 11.8. The van der Waals surface area contributed by atoms with Crippen LogP contribution in [0.3, 0.4) is 0 Å². The maximum atomic E-state index is 12.1. The molecule has 0 aliphatic heterocycles. The van der Waals surface area contributed by atoms with E-state index in [0.29, 0.717) is 25.2 Å². The van der Waals surface area contributed by atoms with Crippen molar-refractivity contribution in [2.45, 2.75) is 51.4 Å². The first kappa shape index (κ1) is 13.8. The number of Topliss-reactive ketones (excluding diaryl/α,β-unsaturated/α-hetero) is 1. The van der Waals surface area contributed by atoms with E-state index in [1.807, 2.05) is 6.07 Å². The summed E-state index contributed by atoms with van der Waals surface area (Å²) in [6.07, 6.45) is 8.38. The summed E-state index contributed by atoms with van der Waals surface area (Å²) in [7, 11) is 0. The average molecular weight is 265 g/mol. The van der Waals surface area contributed by atoms with Gasteiger partial charge in [0.05, 0.1) is 0 Å². The Kier molecular flexibility index (Phi) is 4.95. The lowest BCUT2D eigenvalue weighted by Crippen LogP contribution is -2.35. The lowest BCUT2D eigenvalue weighted by molar-refractivity contribution is -0.121. The fourth-order valence-corrected chi connectivity index (χ4v) is 3.69. The van der Waals surface area contributed by atoms with Crippen molar-refractivity contribution in [3.8, 4) is 0 Å². The molecule has 1 fully saturated rings. The highest BCUT2D eigenvalue weighted by atomic mass is 32.1. The first-order valence-corrected chi connectivity index (χ1v) is 7.86. The highest BCUT2D eigenvalue weighted by Crippen LogP contribution is 2.38. The van der Waals surface area contributed by atoms with Crippen molar-refractivity contribution < 1.29 is 4.79 Å². The second-order valence-electron chi connectivity index (χ2n) is 5.56. The van der Waals surface area contributed by atoms with Gasteiger partial charge < -0.3 is 5.73 Å². The number of hydrogen-bond donors (Lipinski definition) is 1. The molecule has 2 N–H and O–H groups in total. The predicted octanol–water partition coefficient (Wildman–Crippen LogP) is 3.55. The molecule has 1 aliphatic carbocycles. The van der Waals surface area contributed by atoms with E-state index >= 15 is 0 Å². The summed E-state index contributed by atoms with van der Waals surface area (Å²) >= 11 is 1.74. The van der Waals surface area contributed by atoms with Gasteiger partial charge in [0.25, 0.3) is 0 Å². The molecule has 3 heteroatoms. The number of carbonyl (C=O) groups is 1. The summed E-state index contributed by atoms with van der Waals surface area (Å²) in [6, 6.07) is 4.16. The van der Waals surface area contributed by atoms with Crippen molar-refractivity contribution in [1.29, 1.82) is 0 Å². The van der Waals surface area contributed by atoms with Gasteiger partial charge in [0.1, 0.15) is 5.78 Å². The predicted molar refractivity (Wildman–Crippen MR) is 76.8 cm³/mol. The van der Waals surface area contributed by atoms with Gasteiger partial charge in [-0.1, -0.05) is 25.3 Å². The number of carbonyl (C=O) groups excluding carboxylic acids is 1. The number of aryl methyl sites for hydroxylation is 1. The molecular formula is C15H23NOS. The van der Waals surface area contributed by atoms with E-state index in [0.717, 1.165) is 19.3 Å². The van der Waals surface area contributed by atoms with Crippen LogP contribution in [-0.2, 0) is 11.2 Å². The van der Waals surface area contributed by atoms with E-state index in [9.17, 15) is 4.79 Å². The van der Waals surface area contributed by atoms with Crippen LogP contribution < -0.4 is 5.73 Å². The van der Waals surface area contributed by atoms with Crippen molar-refractivity contribution >= 4 is 17.1 Å². The van der Waals surface area contributed by atoms with Crippen LogP contribution >= 0.6 is 11.3 Å². The average Bonchev–Trinajstić information content (AvgIpc) is 2.91. The van der Waals surface area contributed by atoms with Crippen LogP contribution in [0.25, 0.3) is 0 Å². The molecule has 0 aromatic carbocycles. The van der Waals surface area contributed by atoms with Crippen LogP contribution in [-0.4, -0.2) is 12.3 Å². The molecule has 18 heavy (non-hydrogen) atoms.